The van der Waals surface area contributed by atoms with E-state index in [9.17, 15) is 14.5 Å². The number of nitro groups is 1. The second kappa shape index (κ2) is 7.06. The van der Waals surface area contributed by atoms with Crippen LogP contribution in [0.3, 0.4) is 0 Å². The Morgan fingerprint density at radius 1 is 1.43 bits per heavy atom. The molecule has 1 atom stereocenters. The molecule has 1 aliphatic heterocycles. The lowest BCUT2D eigenvalue weighted by atomic mass is 10.2. The van der Waals surface area contributed by atoms with Crippen molar-refractivity contribution in [3.8, 4) is 0 Å². The van der Waals surface area contributed by atoms with Gasteiger partial charge in [-0.15, -0.1) is 11.3 Å². The maximum atomic E-state index is 13.4. The number of hydrogen-bond donors (Lipinski definition) is 0. The summed E-state index contributed by atoms with van der Waals surface area (Å²) in [5.74, 6) is -0.603. The van der Waals surface area contributed by atoms with Gasteiger partial charge in [0.1, 0.15) is 11.5 Å². The summed E-state index contributed by atoms with van der Waals surface area (Å²) in [6, 6.07) is 7.66. The number of rotatable bonds is 6. The number of halogens is 1. The van der Waals surface area contributed by atoms with Crippen LogP contribution in [-0.4, -0.2) is 24.2 Å². The first kappa shape index (κ1) is 15.9. The molecule has 1 aromatic heterocycles. The van der Waals surface area contributed by atoms with E-state index >= 15 is 0 Å². The van der Waals surface area contributed by atoms with Crippen molar-refractivity contribution in [2.45, 2.75) is 25.5 Å². The highest BCUT2D eigenvalue weighted by atomic mass is 32.1. The largest absolute Gasteiger partial charge is 0.376 e. The average molecular weight is 336 g/mol. The van der Waals surface area contributed by atoms with Crippen molar-refractivity contribution in [2.75, 3.05) is 18.1 Å². The molecule has 1 aromatic carbocycles. The first-order valence-corrected chi connectivity index (χ1v) is 8.34. The van der Waals surface area contributed by atoms with E-state index in [4.69, 9.17) is 4.74 Å². The fraction of sp³-hybridized carbons (Fsp3) is 0.375. The van der Waals surface area contributed by atoms with Crippen molar-refractivity contribution < 1.29 is 14.1 Å². The molecular formula is C16H17FN2O3S. The maximum absolute atomic E-state index is 13.4. The molecule has 0 saturated carbocycles. The van der Waals surface area contributed by atoms with Crippen molar-refractivity contribution in [1.29, 1.82) is 0 Å². The molecule has 0 radical (unpaired) electrons. The molecule has 0 amide bonds. The number of nitrogens with zero attached hydrogens (tertiary/aromatic N) is 2. The van der Waals surface area contributed by atoms with Crippen molar-refractivity contribution >= 4 is 22.7 Å². The van der Waals surface area contributed by atoms with Gasteiger partial charge in [-0.05, 0) is 36.4 Å². The molecule has 0 N–H and O–H groups in total. The first-order chi connectivity index (χ1) is 11.1. The molecule has 0 spiro atoms. The van der Waals surface area contributed by atoms with E-state index in [-0.39, 0.29) is 11.8 Å². The fourth-order valence-corrected chi connectivity index (χ4v) is 3.50. The van der Waals surface area contributed by atoms with Gasteiger partial charge in [-0.2, -0.15) is 0 Å². The van der Waals surface area contributed by atoms with Crippen molar-refractivity contribution in [1.82, 2.24) is 0 Å². The van der Waals surface area contributed by atoms with E-state index in [2.05, 4.69) is 0 Å². The van der Waals surface area contributed by atoms with Crippen LogP contribution in [0.4, 0.5) is 15.8 Å². The SMILES string of the molecule is O=[N+]([O-])c1cc(F)ccc1N(Cc1cccs1)CC1CCCO1. The van der Waals surface area contributed by atoms with Crippen LogP contribution in [0.25, 0.3) is 0 Å². The molecule has 122 valence electrons. The zero-order chi connectivity index (χ0) is 16.2. The van der Waals surface area contributed by atoms with E-state index in [1.165, 1.54) is 12.1 Å². The average Bonchev–Trinajstić information content (AvgIpc) is 3.20. The Morgan fingerprint density at radius 3 is 2.96 bits per heavy atom. The van der Waals surface area contributed by atoms with E-state index < -0.39 is 10.7 Å². The lowest BCUT2D eigenvalue weighted by Gasteiger charge is -2.26. The number of ether oxygens (including phenoxy) is 1. The molecule has 0 aliphatic carbocycles. The second-order valence-electron chi connectivity index (χ2n) is 5.49. The summed E-state index contributed by atoms with van der Waals surface area (Å²) in [6.07, 6.45) is 2.00. The Labute approximate surface area is 137 Å². The maximum Gasteiger partial charge on any atom is 0.295 e. The zero-order valence-electron chi connectivity index (χ0n) is 12.5. The monoisotopic (exact) mass is 336 g/mol. The molecule has 2 aromatic rings. The van der Waals surface area contributed by atoms with Gasteiger partial charge in [0, 0.05) is 18.0 Å². The number of benzene rings is 1. The molecule has 1 saturated heterocycles. The molecular weight excluding hydrogens is 319 g/mol. The quantitative estimate of drug-likeness (QED) is 0.591. The van der Waals surface area contributed by atoms with Crippen LogP contribution in [0.1, 0.15) is 17.7 Å². The Hall–Kier alpha value is -1.99. The predicted octanol–water partition coefficient (Wildman–Crippen LogP) is 3.98. The summed E-state index contributed by atoms with van der Waals surface area (Å²) in [6.45, 7) is 1.83. The van der Waals surface area contributed by atoms with Crippen LogP contribution in [0, 0.1) is 15.9 Å². The van der Waals surface area contributed by atoms with Crippen LogP contribution in [0.2, 0.25) is 0 Å². The molecule has 5 nitrogen and oxygen atoms in total. The van der Waals surface area contributed by atoms with Crippen LogP contribution in [-0.2, 0) is 11.3 Å². The van der Waals surface area contributed by atoms with Crippen LogP contribution >= 0.6 is 11.3 Å². The number of nitro benzene ring substituents is 1. The number of anilines is 1. The molecule has 1 unspecified atom stereocenters. The number of thiophene rings is 1. The lowest BCUT2D eigenvalue weighted by Crippen LogP contribution is -2.32. The summed E-state index contributed by atoms with van der Waals surface area (Å²) in [7, 11) is 0. The van der Waals surface area contributed by atoms with E-state index in [0.717, 1.165) is 30.4 Å². The summed E-state index contributed by atoms with van der Waals surface area (Å²) < 4.78 is 19.1. The fourth-order valence-electron chi connectivity index (χ4n) is 2.78. The molecule has 0 bridgehead atoms. The van der Waals surface area contributed by atoms with Gasteiger partial charge >= 0.3 is 0 Å². The Morgan fingerprint density at radius 2 is 2.30 bits per heavy atom. The zero-order valence-corrected chi connectivity index (χ0v) is 13.3. The van der Waals surface area contributed by atoms with Gasteiger partial charge in [0.25, 0.3) is 5.69 Å². The van der Waals surface area contributed by atoms with Crippen molar-refractivity contribution in [2.24, 2.45) is 0 Å². The van der Waals surface area contributed by atoms with Gasteiger partial charge in [0.05, 0.1) is 23.6 Å². The second-order valence-corrected chi connectivity index (χ2v) is 6.52. The van der Waals surface area contributed by atoms with Crippen LogP contribution in [0.15, 0.2) is 35.7 Å². The molecule has 2 heterocycles. The molecule has 1 aliphatic rings. The number of hydrogen-bond acceptors (Lipinski definition) is 5. The normalized spacial score (nSPS) is 17.3. The van der Waals surface area contributed by atoms with Crippen molar-refractivity contribution in [3.63, 3.8) is 0 Å². The Bertz CT molecular complexity index is 672. The summed E-state index contributed by atoms with van der Waals surface area (Å²) in [5, 5.41) is 13.3. The van der Waals surface area contributed by atoms with Gasteiger partial charge < -0.3 is 9.64 Å². The minimum atomic E-state index is -0.603. The molecule has 1 fully saturated rings. The van der Waals surface area contributed by atoms with E-state index in [0.29, 0.717) is 18.8 Å². The summed E-state index contributed by atoms with van der Waals surface area (Å²) >= 11 is 1.59. The highest BCUT2D eigenvalue weighted by Gasteiger charge is 2.25. The first-order valence-electron chi connectivity index (χ1n) is 7.46. The standard InChI is InChI=1S/C16H17FN2O3S/c17-12-5-6-15(16(9-12)19(20)21)18(10-13-3-1-7-22-13)11-14-4-2-8-23-14/h2,4-6,8-9,13H,1,3,7,10-11H2. The highest BCUT2D eigenvalue weighted by molar-refractivity contribution is 7.09. The van der Waals surface area contributed by atoms with Gasteiger partial charge in [-0.3, -0.25) is 10.1 Å². The predicted molar refractivity (Wildman–Crippen MR) is 87.4 cm³/mol. The minimum absolute atomic E-state index is 0.0552. The van der Waals surface area contributed by atoms with Gasteiger partial charge in [0.15, 0.2) is 0 Å². The van der Waals surface area contributed by atoms with Gasteiger partial charge in [-0.1, -0.05) is 6.07 Å². The molecule has 7 heteroatoms. The third kappa shape index (κ3) is 3.86. The Balaban J connectivity index is 1.91. The van der Waals surface area contributed by atoms with Crippen LogP contribution < -0.4 is 4.90 Å². The molecule has 3 rings (SSSR count). The van der Waals surface area contributed by atoms with Gasteiger partial charge in [0.2, 0.25) is 0 Å². The van der Waals surface area contributed by atoms with E-state index in [1.54, 1.807) is 11.3 Å². The summed E-state index contributed by atoms with van der Waals surface area (Å²) in [5.41, 5.74) is 0.222. The third-order valence-electron chi connectivity index (χ3n) is 3.85. The van der Waals surface area contributed by atoms with Gasteiger partial charge in [-0.25, -0.2) is 4.39 Å². The van der Waals surface area contributed by atoms with Crippen LogP contribution in [0.5, 0.6) is 0 Å². The van der Waals surface area contributed by atoms with Crippen molar-refractivity contribution in [3.05, 3.63) is 56.5 Å². The summed E-state index contributed by atoms with van der Waals surface area (Å²) in [4.78, 5) is 13.8. The smallest absolute Gasteiger partial charge is 0.295 e. The van der Waals surface area contributed by atoms with E-state index in [1.807, 2.05) is 22.4 Å². The minimum Gasteiger partial charge on any atom is -0.376 e. The lowest BCUT2D eigenvalue weighted by molar-refractivity contribution is -0.384. The Kier molecular flexibility index (Phi) is 4.88. The third-order valence-corrected chi connectivity index (χ3v) is 4.71. The topological polar surface area (TPSA) is 55.6 Å². The highest BCUT2D eigenvalue weighted by Crippen LogP contribution is 2.31. The molecule has 23 heavy (non-hydrogen) atoms.